The molecule has 1 N–H and O–H groups in total. The van der Waals surface area contributed by atoms with Gasteiger partial charge in [0.25, 0.3) is 0 Å². The minimum Gasteiger partial charge on any atom is -0.449 e. The van der Waals surface area contributed by atoms with Crippen molar-refractivity contribution in [2.75, 3.05) is 13.2 Å². The second-order valence-electron chi connectivity index (χ2n) is 6.57. The number of carbonyl (C=O) groups excluding carboxylic acids is 1. The molecule has 2 aromatic rings. The number of allylic oxidation sites excluding steroid dienone is 1. The van der Waals surface area contributed by atoms with Gasteiger partial charge in [-0.05, 0) is 36.1 Å². The largest absolute Gasteiger partial charge is 0.449 e. The van der Waals surface area contributed by atoms with E-state index in [1.54, 1.807) is 0 Å². The molecule has 4 nitrogen and oxygen atoms in total. The Balaban J connectivity index is 1.66. The van der Waals surface area contributed by atoms with Crippen LogP contribution in [0.5, 0.6) is 0 Å². The Labute approximate surface area is 168 Å². The Morgan fingerprint density at radius 1 is 1.15 bits per heavy atom. The lowest BCUT2D eigenvalue weighted by Gasteiger charge is -2.23. The lowest BCUT2D eigenvalue weighted by atomic mass is 9.98. The Bertz CT molecular complexity index is 775. The van der Waals surface area contributed by atoms with Crippen LogP contribution in [-0.4, -0.2) is 24.8 Å². The fraction of sp³-hybridized carbons (Fsp3) is 0.286. The molecule has 0 heterocycles. The summed E-state index contributed by atoms with van der Waals surface area (Å²) in [5, 5.41) is 2.79. The summed E-state index contributed by atoms with van der Waals surface area (Å²) in [7, 11) is 0. The van der Waals surface area contributed by atoms with E-state index >= 15 is 0 Å². The highest BCUT2D eigenvalue weighted by molar-refractivity contribution is 14.1. The summed E-state index contributed by atoms with van der Waals surface area (Å²) in [6.45, 7) is 4.48. The standard InChI is InChI=1S/C21H22INO3/c1-3-12-21(2,26-22)14-23-20(24)25-13-19-17-10-6-4-8-15(17)16-9-5-7-11-18(16)19/h3-12,19H,13-14H2,1-2H3,(H,23,24)/b12-3-. The zero-order chi connectivity index (χ0) is 18.6. The summed E-state index contributed by atoms with van der Waals surface area (Å²) in [5.41, 5.74) is 4.29. The van der Waals surface area contributed by atoms with Crippen LogP contribution in [0.4, 0.5) is 4.79 Å². The molecule has 2 aromatic carbocycles. The van der Waals surface area contributed by atoms with Crippen molar-refractivity contribution >= 4 is 29.1 Å². The van der Waals surface area contributed by atoms with Crippen molar-refractivity contribution in [3.05, 3.63) is 71.8 Å². The Hall–Kier alpha value is -1.86. The summed E-state index contributed by atoms with van der Waals surface area (Å²) in [5.74, 6) is 0.0656. The first kappa shape index (κ1) is 18.9. The van der Waals surface area contributed by atoms with Crippen molar-refractivity contribution in [3.8, 4) is 11.1 Å². The highest BCUT2D eigenvalue weighted by atomic mass is 127. The molecule has 0 aromatic heterocycles. The summed E-state index contributed by atoms with van der Waals surface area (Å²) < 4.78 is 10.9. The molecule has 0 saturated heterocycles. The number of halogens is 1. The van der Waals surface area contributed by atoms with Gasteiger partial charge in [0.1, 0.15) is 35.2 Å². The van der Waals surface area contributed by atoms with Gasteiger partial charge in [0.15, 0.2) is 0 Å². The van der Waals surface area contributed by atoms with Crippen LogP contribution >= 0.6 is 23.0 Å². The fourth-order valence-corrected chi connectivity index (χ4v) is 3.66. The molecule has 26 heavy (non-hydrogen) atoms. The smallest absolute Gasteiger partial charge is 0.407 e. The molecule has 0 bridgehead atoms. The lowest BCUT2D eigenvalue weighted by Crippen LogP contribution is -2.40. The molecule has 136 valence electrons. The van der Waals surface area contributed by atoms with E-state index in [4.69, 9.17) is 7.80 Å². The van der Waals surface area contributed by atoms with Crippen molar-refractivity contribution in [1.82, 2.24) is 5.32 Å². The summed E-state index contributed by atoms with van der Waals surface area (Å²) in [6.07, 6.45) is 3.37. The highest BCUT2D eigenvalue weighted by Crippen LogP contribution is 2.44. The van der Waals surface area contributed by atoms with E-state index in [1.165, 1.54) is 22.3 Å². The SMILES string of the molecule is C/C=C\C(C)(CNC(=O)OCC1c2ccccc2-c2ccccc21)OI. The van der Waals surface area contributed by atoms with Gasteiger partial charge in [-0.25, -0.2) is 4.79 Å². The van der Waals surface area contributed by atoms with Crippen molar-refractivity contribution in [1.29, 1.82) is 0 Å². The van der Waals surface area contributed by atoms with Crippen LogP contribution < -0.4 is 5.32 Å². The molecule has 3 rings (SSSR count). The van der Waals surface area contributed by atoms with Crippen molar-refractivity contribution in [2.45, 2.75) is 25.4 Å². The quantitative estimate of drug-likeness (QED) is 0.472. The number of benzene rings is 2. The molecule has 1 aliphatic rings. The molecule has 1 amide bonds. The van der Waals surface area contributed by atoms with Gasteiger partial charge >= 0.3 is 6.09 Å². The van der Waals surface area contributed by atoms with Crippen LogP contribution in [0.1, 0.15) is 30.9 Å². The topological polar surface area (TPSA) is 47.6 Å². The third kappa shape index (κ3) is 3.94. The van der Waals surface area contributed by atoms with Crippen molar-refractivity contribution < 1.29 is 12.6 Å². The predicted octanol–water partition coefficient (Wildman–Crippen LogP) is 5.23. The van der Waals surface area contributed by atoms with Gasteiger partial charge in [0.2, 0.25) is 0 Å². The number of alkyl carbamates (subject to hydrolysis) is 1. The first-order valence-corrected chi connectivity index (χ1v) is 9.48. The van der Waals surface area contributed by atoms with Crippen LogP contribution in [0.25, 0.3) is 11.1 Å². The Kier molecular flexibility index (Phi) is 5.98. The molecule has 1 unspecified atom stereocenters. The van der Waals surface area contributed by atoms with E-state index in [1.807, 2.05) is 73.3 Å². The maximum Gasteiger partial charge on any atom is 0.407 e. The predicted molar refractivity (Wildman–Crippen MR) is 111 cm³/mol. The van der Waals surface area contributed by atoms with Gasteiger partial charge in [-0.15, -0.1) is 0 Å². The van der Waals surface area contributed by atoms with Crippen molar-refractivity contribution in [2.24, 2.45) is 0 Å². The van der Waals surface area contributed by atoms with Gasteiger partial charge in [0, 0.05) is 5.92 Å². The summed E-state index contributed by atoms with van der Waals surface area (Å²) in [6, 6.07) is 16.6. The lowest BCUT2D eigenvalue weighted by molar-refractivity contribution is 0.132. The molecule has 0 spiro atoms. The number of amides is 1. The molecule has 1 atom stereocenters. The molecular weight excluding hydrogens is 441 g/mol. The van der Waals surface area contributed by atoms with Gasteiger partial charge < -0.3 is 13.1 Å². The third-order valence-corrected chi connectivity index (χ3v) is 5.63. The minimum absolute atomic E-state index is 0.0656. The molecule has 0 radical (unpaired) electrons. The second kappa shape index (κ2) is 8.22. The van der Waals surface area contributed by atoms with Crippen LogP contribution in [0.2, 0.25) is 0 Å². The Morgan fingerprint density at radius 2 is 1.73 bits per heavy atom. The molecule has 0 aliphatic heterocycles. The van der Waals surface area contributed by atoms with E-state index in [0.29, 0.717) is 13.2 Å². The zero-order valence-electron chi connectivity index (χ0n) is 14.9. The monoisotopic (exact) mass is 463 g/mol. The fourth-order valence-electron chi connectivity index (χ4n) is 3.36. The van der Waals surface area contributed by atoms with Crippen LogP contribution in [0.15, 0.2) is 60.7 Å². The number of nitrogens with one attached hydrogen (secondary N) is 1. The molecule has 0 fully saturated rings. The third-order valence-electron chi connectivity index (χ3n) is 4.62. The van der Waals surface area contributed by atoms with E-state index in [9.17, 15) is 4.79 Å². The molecule has 5 heteroatoms. The van der Waals surface area contributed by atoms with Gasteiger partial charge in [0.05, 0.1) is 6.54 Å². The second-order valence-corrected chi connectivity index (χ2v) is 7.01. The number of ether oxygens (including phenoxy) is 1. The summed E-state index contributed by atoms with van der Waals surface area (Å²) in [4.78, 5) is 12.2. The number of carbonyl (C=O) groups is 1. The van der Waals surface area contributed by atoms with Crippen LogP contribution in [-0.2, 0) is 7.80 Å². The van der Waals surface area contributed by atoms with E-state index in [-0.39, 0.29) is 5.92 Å². The minimum atomic E-state index is -0.555. The average Bonchev–Trinajstić information content (AvgIpc) is 2.99. The highest BCUT2D eigenvalue weighted by Gasteiger charge is 2.29. The van der Waals surface area contributed by atoms with Crippen LogP contribution in [0, 0.1) is 0 Å². The first-order chi connectivity index (χ1) is 12.6. The normalized spacial score (nSPS) is 15.3. The van der Waals surface area contributed by atoms with Crippen molar-refractivity contribution in [3.63, 3.8) is 0 Å². The molecule has 1 aliphatic carbocycles. The first-order valence-electron chi connectivity index (χ1n) is 8.60. The van der Waals surface area contributed by atoms with E-state index in [2.05, 4.69) is 29.6 Å². The average molecular weight is 463 g/mol. The van der Waals surface area contributed by atoms with Crippen LogP contribution in [0.3, 0.4) is 0 Å². The maximum atomic E-state index is 12.2. The van der Waals surface area contributed by atoms with Gasteiger partial charge in [-0.2, -0.15) is 0 Å². The summed E-state index contributed by atoms with van der Waals surface area (Å²) >= 11 is 1.85. The maximum absolute atomic E-state index is 12.2. The van der Waals surface area contributed by atoms with E-state index in [0.717, 1.165) is 0 Å². The van der Waals surface area contributed by atoms with Gasteiger partial charge in [-0.3, -0.25) is 0 Å². The number of fused-ring (bicyclic) bond motifs is 3. The molecular formula is C21H22INO3. The Morgan fingerprint density at radius 3 is 2.27 bits per heavy atom. The number of hydrogen-bond acceptors (Lipinski definition) is 3. The van der Waals surface area contributed by atoms with Gasteiger partial charge in [-0.1, -0.05) is 60.7 Å². The molecule has 0 saturated carbocycles. The van der Waals surface area contributed by atoms with E-state index < -0.39 is 11.7 Å². The zero-order valence-corrected chi connectivity index (χ0v) is 17.0. The number of hydrogen-bond donors (Lipinski definition) is 1. The number of rotatable bonds is 6.